The van der Waals surface area contributed by atoms with Gasteiger partial charge in [-0.05, 0) is 43.3 Å². The summed E-state index contributed by atoms with van der Waals surface area (Å²) < 4.78 is 10.6. The maximum atomic E-state index is 13.1. The Morgan fingerprint density at radius 1 is 1.06 bits per heavy atom. The van der Waals surface area contributed by atoms with Gasteiger partial charge in [0.15, 0.2) is 0 Å². The van der Waals surface area contributed by atoms with Crippen LogP contribution in [0.25, 0.3) is 0 Å². The molecular formula is C25H29N5O4. The Morgan fingerprint density at radius 3 is 2.44 bits per heavy atom. The lowest BCUT2D eigenvalue weighted by Gasteiger charge is -2.36. The number of furan rings is 1. The molecular weight excluding hydrogens is 434 g/mol. The molecule has 34 heavy (non-hydrogen) atoms. The number of piperazine rings is 1. The van der Waals surface area contributed by atoms with E-state index in [9.17, 15) is 9.59 Å². The van der Waals surface area contributed by atoms with Crippen molar-refractivity contribution in [1.82, 2.24) is 19.8 Å². The van der Waals surface area contributed by atoms with E-state index in [1.54, 1.807) is 36.6 Å². The van der Waals surface area contributed by atoms with Crippen LogP contribution in [0.3, 0.4) is 0 Å². The Morgan fingerprint density at radius 2 is 1.82 bits per heavy atom. The first-order valence-electron chi connectivity index (χ1n) is 11.3. The minimum Gasteiger partial charge on any atom is -0.497 e. The van der Waals surface area contributed by atoms with Crippen LogP contribution >= 0.6 is 0 Å². The predicted octanol–water partition coefficient (Wildman–Crippen LogP) is 2.77. The van der Waals surface area contributed by atoms with Crippen molar-refractivity contribution in [3.8, 4) is 5.75 Å². The molecule has 178 valence electrons. The quantitative estimate of drug-likeness (QED) is 0.507. The monoisotopic (exact) mass is 463 g/mol. The van der Waals surface area contributed by atoms with E-state index in [0.29, 0.717) is 18.8 Å². The molecule has 0 radical (unpaired) electrons. The molecule has 3 aromatic rings. The van der Waals surface area contributed by atoms with Gasteiger partial charge in [0.05, 0.1) is 31.8 Å². The van der Waals surface area contributed by atoms with Crippen LogP contribution in [0.5, 0.6) is 5.75 Å². The van der Waals surface area contributed by atoms with Crippen LogP contribution in [-0.2, 0) is 11.3 Å². The summed E-state index contributed by atoms with van der Waals surface area (Å²) in [6, 6.07) is 11.5. The van der Waals surface area contributed by atoms with Crippen molar-refractivity contribution in [1.29, 1.82) is 0 Å². The second kappa shape index (κ2) is 10.8. The molecule has 9 heteroatoms. The fourth-order valence-corrected chi connectivity index (χ4v) is 3.90. The van der Waals surface area contributed by atoms with Crippen LogP contribution in [-0.4, -0.2) is 71.4 Å². The Balaban J connectivity index is 1.34. The van der Waals surface area contributed by atoms with E-state index in [2.05, 4.69) is 14.9 Å². The smallest absolute Gasteiger partial charge is 0.274 e. The summed E-state index contributed by atoms with van der Waals surface area (Å²) in [6.45, 7) is 5.14. The topological polar surface area (TPSA) is 92.0 Å². The maximum absolute atomic E-state index is 13.1. The molecule has 4 rings (SSSR count). The number of carbonyl (C=O) groups is 2. The molecule has 1 fully saturated rings. The molecule has 2 amide bonds. The number of aryl methyl sites for hydroxylation is 1. The average molecular weight is 464 g/mol. The Hall–Kier alpha value is -3.88. The van der Waals surface area contributed by atoms with E-state index in [1.807, 2.05) is 36.1 Å². The highest BCUT2D eigenvalue weighted by Crippen LogP contribution is 2.21. The summed E-state index contributed by atoms with van der Waals surface area (Å²) in [4.78, 5) is 40.1. The predicted molar refractivity (Wildman–Crippen MR) is 127 cm³/mol. The highest BCUT2D eigenvalue weighted by atomic mass is 16.5. The molecule has 2 aromatic heterocycles. The lowest BCUT2D eigenvalue weighted by Crippen LogP contribution is -2.49. The van der Waals surface area contributed by atoms with E-state index in [4.69, 9.17) is 9.15 Å². The van der Waals surface area contributed by atoms with Crippen molar-refractivity contribution in [2.24, 2.45) is 0 Å². The molecule has 3 heterocycles. The number of nitrogens with zero attached hydrogens (tertiary/aromatic N) is 5. The molecule has 0 atom stereocenters. The van der Waals surface area contributed by atoms with Crippen molar-refractivity contribution in [3.63, 3.8) is 0 Å². The molecule has 1 aromatic carbocycles. The normalized spacial score (nSPS) is 13.6. The van der Waals surface area contributed by atoms with Crippen LogP contribution in [0.4, 0.5) is 5.69 Å². The summed E-state index contributed by atoms with van der Waals surface area (Å²) in [5, 5.41) is 0. The number of hydrogen-bond donors (Lipinski definition) is 0. The molecule has 0 spiro atoms. The zero-order valence-electron chi connectivity index (χ0n) is 19.5. The number of carbonyl (C=O) groups excluding carboxylic acids is 2. The minimum absolute atomic E-state index is 0.0293. The summed E-state index contributed by atoms with van der Waals surface area (Å²) >= 11 is 0. The number of hydrogen-bond acceptors (Lipinski definition) is 7. The number of rotatable bonds is 8. The van der Waals surface area contributed by atoms with Gasteiger partial charge in [0.1, 0.15) is 17.2 Å². The number of amides is 2. The molecule has 0 aliphatic carbocycles. The summed E-state index contributed by atoms with van der Waals surface area (Å²) in [7, 11) is 1.65. The molecule has 1 aliphatic rings. The van der Waals surface area contributed by atoms with Crippen LogP contribution in [0.15, 0.2) is 59.5 Å². The highest BCUT2D eigenvalue weighted by Gasteiger charge is 2.24. The number of aromatic nitrogens is 2. The van der Waals surface area contributed by atoms with E-state index in [-0.39, 0.29) is 37.0 Å². The van der Waals surface area contributed by atoms with Gasteiger partial charge in [-0.1, -0.05) is 0 Å². The fourth-order valence-electron chi connectivity index (χ4n) is 3.90. The first-order chi connectivity index (χ1) is 16.5. The average Bonchev–Trinajstić information content (AvgIpc) is 3.40. The van der Waals surface area contributed by atoms with Crippen molar-refractivity contribution < 1.29 is 18.7 Å². The Bertz CT molecular complexity index is 1080. The first-order valence-corrected chi connectivity index (χ1v) is 11.3. The zero-order valence-corrected chi connectivity index (χ0v) is 19.5. The largest absolute Gasteiger partial charge is 0.497 e. The van der Waals surface area contributed by atoms with Gasteiger partial charge >= 0.3 is 0 Å². The molecule has 0 unspecified atom stereocenters. The highest BCUT2D eigenvalue weighted by molar-refractivity contribution is 5.92. The van der Waals surface area contributed by atoms with Crippen molar-refractivity contribution >= 4 is 17.5 Å². The maximum Gasteiger partial charge on any atom is 0.274 e. The molecule has 9 nitrogen and oxygen atoms in total. The van der Waals surface area contributed by atoms with Gasteiger partial charge < -0.3 is 23.9 Å². The van der Waals surface area contributed by atoms with Gasteiger partial charge in [-0.25, -0.2) is 4.98 Å². The lowest BCUT2D eigenvalue weighted by molar-refractivity contribution is -0.131. The van der Waals surface area contributed by atoms with Crippen LogP contribution in [0.2, 0.25) is 0 Å². The van der Waals surface area contributed by atoms with E-state index < -0.39 is 0 Å². The molecule has 0 bridgehead atoms. The third-order valence-electron chi connectivity index (χ3n) is 5.88. The lowest BCUT2D eigenvalue weighted by atomic mass is 10.2. The van der Waals surface area contributed by atoms with Gasteiger partial charge in [-0.3, -0.25) is 14.6 Å². The zero-order chi connectivity index (χ0) is 23.9. The van der Waals surface area contributed by atoms with Gasteiger partial charge in [0.2, 0.25) is 5.91 Å². The Kier molecular flexibility index (Phi) is 7.41. The minimum atomic E-state index is -0.277. The van der Waals surface area contributed by atoms with Gasteiger partial charge in [-0.15, -0.1) is 0 Å². The summed E-state index contributed by atoms with van der Waals surface area (Å²) in [5.74, 6) is 1.22. The number of ether oxygens (including phenoxy) is 1. The van der Waals surface area contributed by atoms with E-state index >= 15 is 0 Å². The SMILES string of the molecule is COc1ccc(N2CCN(C(=O)CCN(Cc3ccco3)C(=O)c3cnc(C)cn3)CC2)cc1. The van der Waals surface area contributed by atoms with Crippen LogP contribution < -0.4 is 9.64 Å². The van der Waals surface area contributed by atoms with Crippen molar-refractivity contribution in [2.45, 2.75) is 19.9 Å². The molecule has 1 aliphatic heterocycles. The first kappa shape index (κ1) is 23.3. The number of anilines is 1. The van der Waals surface area contributed by atoms with Gasteiger partial charge in [0.25, 0.3) is 5.91 Å². The van der Waals surface area contributed by atoms with Crippen molar-refractivity contribution in [3.05, 3.63) is 72.2 Å². The molecule has 0 N–H and O–H groups in total. The van der Waals surface area contributed by atoms with Crippen LogP contribution in [0.1, 0.15) is 28.4 Å². The number of methoxy groups -OCH3 is 1. The third-order valence-corrected chi connectivity index (χ3v) is 5.88. The van der Waals surface area contributed by atoms with Gasteiger partial charge in [0, 0.05) is 51.0 Å². The Labute approximate surface area is 199 Å². The van der Waals surface area contributed by atoms with E-state index in [0.717, 1.165) is 30.2 Å². The standard InChI is InChI=1S/C25H29N5O4/c1-19-16-27-23(17-26-19)25(32)30(18-22-4-3-15-34-22)10-9-24(31)29-13-11-28(12-14-29)20-5-7-21(33-2)8-6-20/h3-8,15-17H,9-14,18H2,1-2H3. The second-order valence-electron chi connectivity index (χ2n) is 8.16. The fraction of sp³-hybridized carbons (Fsp3) is 0.360. The second-order valence-corrected chi connectivity index (χ2v) is 8.16. The van der Waals surface area contributed by atoms with Gasteiger partial charge in [-0.2, -0.15) is 0 Å². The number of benzene rings is 1. The molecule has 1 saturated heterocycles. The third kappa shape index (κ3) is 5.72. The van der Waals surface area contributed by atoms with Crippen molar-refractivity contribution in [2.75, 3.05) is 44.7 Å². The summed E-state index contributed by atoms with van der Waals surface area (Å²) in [5.41, 5.74) is 2.10. The molecule has 0 saturated carbocycles. The van der Waals surface area contributed by atoms with Crippen LogP contribution in [0, 0.1) is 6.92 Å². The van der Waals surface area contributed by atoms with E-state index in [1.165, 1.54) is 6.20 Å². The summed E-state index contributed by atoms with van der Waals surface area (Å²) in [6.07, 6.45) is 4.82.